The van der Waals surface area contributed by atoms with E-state index in [1.165, 1.54) is 41.7 Å². The maximum atomic E-state index is 13.0. The lowest BCUT2D eigenvalue weighted by Gasteiger charge is -2.05. The predicted molar refractivity (Wildman–Crippen MR) is 102 cm³/mol. The first-order valence-electron chi connectivity index (χ1n) is 7.60. The highest BCUT2D eigenvalue weighted by Gasteiger charge is 2.09. The smallest absolute Gasteiger partial charge is 0.331 e. The van der Waals surface area contributed by atoms with Crippen molar-refractivity contribution in [1.82, 2.24) is 0 Å². The van der Waals surface area contributed by atoms with Gasteiger partial charge in [0.05, 0.1) is 5.02 Å². The third-order valence-electron chi connectivity index (χ3n) is 3.38. The number of esters is 1. The van der Waals surface area contributed by atoms with Crippen molar-refractivity contribution in [2.24, 2.45) is 0 Å². The minimum absolute atomic E-state index is 0.290. The summed E-state index contributed by atoms with van der Waals surface area (Å²) in [5.41, 5.74) is 0.290. The van der Waals surface area contributed by atoms with E-state index in [1.807, 2.05) is 24.3 Å². The van der Waals surface area contributed by atoms with Gasteiger partial charge in [-0.05, 0) is 30.3 Å². The van der Waals surface area contributed by atoms with Crippen molar-refractivity contribution in [3.63, 3.8) is 0 Å². The SMILES string of the molecule is O=C(COC(=O)/C=C/c1sc2ccccc2c1Cl)Nc1cccc(F)c1. The normalized spacial score (nSPS) is 11.0. The van der Waals surface area contributed by atoms with Crippen molar-refractivity contribution in [3.05, 3.63) is 70.3 Å². The van der Waals surface area contributed by atoms with E-state index >= 15 is 0 Å². The average molecular weight is 390 g/mol. The van der Waals surface area contributed by atoms with Gasteiger partial charge in [0.1, 0.15) is 5.82 Å². The quantitative estimate of drug-likeness (QED) is 0.499. The highest BCUT2D eigenvalue weighted by molar-refractivity contribution is 7.20. The van der Waals surface area contributed by atoms with Crippen LogP contribution >= 0.6 is 22.9 Å². The summed E-state index contributed by atoms with van der Waals surface area (Å²) in [7, 11) is 0. The van der Waals surface area contributed by atoms with Crippen LogP contribution in [0.2, 0.25) is 5.02 Å². The molecule has 1 N–H and O–H groups in total. The third-order valence-corrected chi connectivity index (χ3v) is 5.04. The van der Waals surface area contributed by atoms with Crippen LogP contribution in [0.4, 0.5) is 10.1 Å². The van der Waals surface area contributed by atoms with Crippen molar-refractivity contribution in [3.8, 4) is 0 Å². The molecule has 0 unspecified atom stereocenters. The van der Waals surface area contributed by atoms with Crippen molar-refractivity contribution in [2.75, 3.05) is 11.9 Å². The zero-order valence-corrected chi connectivity index (χ0v) is 14.9. The Morgan fingerprint density at radius 1 is 1.19 bits per heavy atom. The Labute approximate surface area is 157 Å². The summed E-state index contributed by atoms with van der Waals surface area (Å²) in [6.45, 7) is -0.472. The van der Waals surface area contributed by atoms with E-state index < -0.39 is 24.3 Å². The number of nitrogens with one attached hydrogen (secondary N) is 1. The second kappa shape index (κ2) is 8.12. The molecular weight excluding hydrogens is 377 g/mol. The molecule has 0 spiro atoms. The molecule has 1 amide bonds. The van der Waals surface area contributed by atoms with Crippen LogP contribution in [0.15, 0.2) is 54.6 Å². The molecule has 0 fully saturated rings. The highest BCUT2D eigenvalue weighted by Crippen LogP contribution is 2.35. The molecule has 4 nitrogen and oxygen atoms in total. The van der Waals surface area contributed by atoms with Gasteiger partial charge in [0, 0.05) is 26.7 Å². The first kappa shape index (κ1) is 18.1. The first-order chi connectivity index (χ1) is 12.5. The van der Waals surface area contributed by atoms with Gasteiger partial charge in [0.15, 0.2) is 6.61 Å². The summed E-state index contributed by atoms with van der Waals surface area (Å²) in [5, 5.41) is 3.93. The second-order valence-electron chi connectivity index (χ2n) is 5.28. The summed E-state index contributed by atoms with van der Waals surface area (Å²) < 4.78 is 18.9. The number of benzene rings is 2. The fourth-order valence-electron chi connectivity index (χ4n) is 2.23. The molecule has 0 atom stereocenters. The number of halogens is 2. The topological polar surface area (TPSA) is 55.4 Å². The molecule has 1 aromatic heterocycles. The van der Waals surface area contributed by atoms with E-state index in [2.05, 4.69) is 5.32 Å². The van der Waals surface area contributed by atoms with E-state index in [0.717, 1.165) is 15.0 Å². The van der Waals surface area contributed by atoms with Crippen molar-refractivity contribution < 1.29 is 18.7 Å². The summed E-state index contributed by atoms with van der Waals surface area (Å²) in [4.78, 5) is 24.2. The molecule has 0 saturated heterocycles. The van der Waals surface area contributed by atoms with E-state index in [4.69, 9.17) is 16.3 Å². The number of ether oxygens (including phenoxy) is 1. The molecule has 0 saturated carbocycles. The lowest BCUT2D eigenvalue weighted by Crippen LogP contribution is -2.20. The van der Waals surface area contributed by atoms with Gasteiger partial charge >= 0.3 is 5.97 Å². The summed E-state index contributed by atoms with van der Waals surface area (Å²) in [6, 6.07) is 13.1. The van der Waals surface area contributed by atoms with Crippen LogP contribution in [0.3, 0.4) is 0 Å². The Bertz CT molecular complexity index is 999. The Morgan fingerprint density at radius 3 is 2.77 bits per heavy atom. The van der Waals surface area contributed by atoms with E-state index in [0.29, 0.717) is 10.7 Å². The molecule has 0 bridgehead atoms. The first-order valence-corrected chi connectivity index (χ1v) is 8.79. The van der Waals surface area contributed by atoms with Crippen molar-refractivity contribution in [2.45, 2.75) is 0 Å². The largest absolute Gasteiger partial charge is 0.452 e. The highest BCUT2D eigenvalue weighted by atomic mass is 35.5. The molecule has 3 rings (SSSR count). The summed E-state index contributed by atoms with van der Waals surface area (Å²) >= 11 is 7.74. The van der Waals surface area contributed by atoms with Gasteiger partial charge in [0.2, 0.25) is 0 Å². The van der Waals surface area contributed by atoms with Gasteiger partial charge in [-0.15, -0.1) is 11.3 Å². The number of hydrogen-bond acceptors (Lipinski definition) is 4. The molecule has 0 radical (unpaired) electrons. The number of rotatable bonds is 5. The van der Waals surface area contributed by atoms with Crippen LogP contribution in [0, 0.1) is 5.82 Å². The molecule has 7 heteroatoms. The van der Waals surface area contributed by atoms with Crippen molar-refractivity contribution in [1.29, 1.82) is 0 Å². The van der Waals surface area contributed by atoms with Crippen LogP contribution in [0.5, 0.6) is 0 Å². The fourth-order valence-corrected chi connectivity index (χ4v) is 3.63. The monoisotopic (exact) mass is 389 g/mol. The van der Waals surface area contributed by atoms with E-state index in [-0.39, 0.29) is 0 Å². The zero-order chi connectivity index (χ0) is 18.5. The Hall–Kier alpha value is -2.70. The number of carbonyl (C=O) groups excluding carboxylic acids is 2. The van der Waals surface area contributed by atoms with Gasteiger partial charge in [-0.1, -0.05) is 35.9 Å². The van der Waals surface area contributed by atoms with Gasteiger partial charge in [-0.3, -0.25) is 4.79 Å². The molecular formula is C19H13ClFNO3S. The van der Waals surface area contributed by atoms with Crippen LogP contribution in [-0.4, -0.2) is 18.5 Å². The molecule has 0 aliphatic heterocycles. The maximum Gasteiger partial charge on any atom is 0.331 e. The number of hydrogen-bond donors (Lipinski definition) is 1. The number of carbonyl (C=O) groups is 2. The molecule has 1 heterocycles. The molecule has 0 aliphatic rings. The van der Waals surface area contributed by atoms with Crippen LogP contribution < -0.4 is 5.32 Å². The van der Waals surface area contributed by atoms with Gasteiger partial charge < -0.3 is 10.1 Å². The van der Waals surface area contributed by atoms with E-state index in [1.54, 1.807) is 6.08 Å². The van der Waals surface area contributed by atoms with Crippen LogP contribution in [0.25, 0.3) is 16.2 Å². The van der Waals surface area contributed by atoms with Gasteiger partial charge in [-0.25, -0.2) is 9.18 Å². The number of amides is 1. The van der Waals surface area contributed by atoms with Crippen LogP contribution in [-0.2, 0) is 14.3 Å². The number of thiophene rings is 1. The van der Waals surface area contributed by atoms with Crippen molar-refractivity contribution >= 4 is 56.7 Å². The Balaban J connectivity index is 1.55. The number of anilines is 1. The molecule has 0 aliphatic carbocycles. The third kappa shape index (κ3) is 4.47. The summed E-state index contributed by atoms with van der Waals surface area (Å²) in [5.74, 6) is -1.70. The minimum atomic E-state index is -0.673. The fraction of sp³-hybridized carbons (Fsp3) is 0.0526. The molecule has 3 aromatic rings. The number of fused-ring (bicyclic) bond motifs is 1. The zero-order valence-electron chi connectivity index (χ0n) is 13.4. The minimum Gasteiger partial charge on any atom is -0.452 e. The van der Waals surface area contributed by atoms with Gasteiger partial charge in [0.25, 0.3) is 5.91 Å². The Morgan fingerprint density at radius 2 is 2.00 bits per heavy atom. The standard InChI is InChI=1S/C19H13ClFNO3S/c20-19-14-6-1-2-7-15(14)26-16(19)8-9-18(24)25-11-17(23)22-13-5-3-4-12(21)10-13/h1-10H,11H2,(H,22,23)/b9-8+. The lowest BCUT2D eigenvalue weighted by atomic mass is 10.2. The second-order valence-corrected chi connectivity index (χ2v) is 6.74. The predicted octanol–water partition coefficient (Wildman–Crippen LogP) is 4.89. The molecule has 132 valence electrons. The van der Waals surface area contributed by atoms with Gasteiger partial charge in [-0.2, -0.15) is 0 Å². The average Bonchev–Trinajstić information content (AvgIpc) is 2.94. The maximum absolute atomic E-state index is 13.0. The lowest BCUT2D eigenvalue weighted by molar-refractivity contribution is -0.142. The summed E-state index contributed by atoms with van der Waals surface area (Å²) in [6.07, 6.45) is 2.77. The van der Waals surface area contributed by atoms with E-state index in [9.17, 15) is 14.0 Å². The molecule has 26 heavy (non-hydrogen) atoms. The molecule has 2 aromatic carbocycles. The Kier molecular flexibility index (Phi) is 5.65. The van der Waals surface area contributed by atoms with Crippen LogP contribution in [0.1, 0.15) is 4.88 Å².